The van der Waals surface area contributed by atoms with Gasteiger partial charge >= 0.3 is 0 Å². The van der Waals surface area contributed by atoms with Crippen LogP contribution in [0, 0.1) is 0 Å². The van der Waals surface area contributed by atoms with Gasteiger partial charge in [0.1, 0.15) is 0 Å². The first-order valence-corrected chi connectivity index (χ1v) is 5.94. The topological polar surface area (TPSA) is 41.3 Å². The normalized spacial score (nSPS) is 14.6. The number of nitrogens with two attached hydrogens (primary N) is 1. The molecule has 0 aromatic carbocycles. The van der Waals surface area contributed by atoms with Gasteiger partial charge in [0.25, 0.3) is 0 Å². The molecule has 0 rings (SSSR count). The molecule has 0 spiro atoms. The number of likely N-dealkylation sites (N-methyl/N-ethyl adjacent to an activating group) is 1. The molecule has 3 nitrogen and oxygen atoms in total. The first-order valence-electron chi connectivity index (χ1n) is 5.94. The van der Waals surface area contributed by atoms with Gasteiger partial charge in [-0.25, -0.2) is 0 Å². The van der Waals surface area contributed by atoms with Crippen molar-refractivity contribution in [1.29, 1.82) is 0 Å². The Morgan fingerprint density at radius 1 is 1.47 bits per heavy atom. The van der Waals surface area contributed by atoms with Gasteiger partial charge in [0.2, 0.25) is 0 Å². The SMILES string of the molecule is CCC(C/C=C(\C)N)NCCN(C)CC. The summed E-state index contributed by atoms with van der Waals surface area (Å²) in [5.74, 6) is 0. The maximum absolute atomic E-state index is 5.62. The minimum absolute atomic E-state index is 0.564. The van der Waals surface area contributed by atoms with Crippen LogP contribution in [0.3, 0.4) is 0 Å². The van der Waals surface area contributed by atoms with E-state index in [4.69, 9.17) is 5.73 Å². The van der Waals surface area contributed by atoms with Crippen LogP contribution < -0.4 is 11.1 Å². The summed E-state index contributed by atoms with van der Waals surface area (Å²) in [6.07, 6.45) is 4.29. The van der Waals surface area contributed by atoms with Crippen molar-refractivity contribution in [3.63, 3.8) is 0 Å². The molecule has 1 atom stereocenters. The molecule has 90 valence electrons. The fourth-order valence-electron chi connectivity index (χ4n) is 1.34. The Morgan fingerprint density at radius 3 is 2.60 bits per heavy atom. The van der Waals surface area contributed by atoms with Crippen LogP contribution in [0.1, 0.15) is 33.6 Å². The van der Waals surface area contributed by atoms with Crippen molar-refractivity contribution < 1.29 is 0 Å². The molecule has 0 radical (unpaired) electrons. The van der Waals surface area contributed by atoms with Gasteiger partial charge in [-0.15, -0.1) is 0 Å². The van der Waals surface area contributed by atoms with E-state index in [1.165, 1.54) is 0 Å². The zero-order valence-corrected chi connectivity index (χ0v) is 10.7. The van der Waals surface area contributed by atoms with E-state index in [0.29, 0.717) is 6.04 Å². The molecule has 1 unspecified atom stereocenters. The van der Waals surface area contributed by atoms with E-state index >= 15 is 0 Å². The van der Waals surface area contributed by atoms with Crippen LogP contribution in [0.2, 0.25) is 0 Å². The molecule has 0 heterocycles. The van der Waals surface area contributed by atoms with Crippen LogP contribution in [0.4, 0.5) is 0 Å². The Hall–Kier alpha value is -0.540. The maximum atomic E-state index is 5.62. The summed E-state index contributed by atoms with van der Waals surface area (Å²) in [7, 11) is 2.15. The molecule has 0 fully saturated rings. The zero-order chi connectivity index (χ0) is 11.7. The number of rotatable bonds is 8. The Balaban J connectivity index is 3.66. The molecule has 0 aromatic heterocycles. The summed E-state index contributed by atoms with van der Waals surface area (Å²) >= 11 is 0. The standard InChI is InChI=1S/C12H27N3/c1-5-12(8-7-11(3)13)14-9-10-15(4)6-2/h7,12,14H,5-6,8-10,13H2,1-4H3/b11-7+. The van der Waals surface area contributed by atoms with Crippen LogP contribution in [0.5, 0.6) is 0 Å². The lowest BCUT2D eigenvalue weighted by Gasteiger charge is -2.18. The van der Waals surface area contributed by atoms with Gasteiger partial charge in [0, 0.05) is 24.8 Å². The monoisotopic (exact) mass is 213 g/mol. The lowest BCUT2D eigenvalue weighted by Crippen LogP contribution is -2.35. The molecular weight excluding hydrogens is 186 g/mol. The molecule has 0 saturated heterocycles. The number of allylic oxidation sites excluding steroid dienone is 1. The second-order valence-corrected chi connectivity index (χ2v) is 4.14. The third kappa shape index (κ3) is 8.45. The maximum Gasteiger partial charge on any atom is 0.0104 e. The van der Waals surface area contributed by atoms with Crippen LogP contribution in [0.25, 0.3) is 0 Å². The van der Waals surface area contributed by atoms with Crippen molar-refractivity contribution in [2.75, 3.05) is 26.7 Å². The molecule has 0 aliphatic rings. The smallest absolute Gasteiger partial charge is 0.0104 e. The molecule has 0 saturated carbocycles. The van der Waals surface area contributed by atoms with E-state index in [1.807, 2.05) is 6.92 Å². The van der Waals surface area contributed by atoms with Gasteiger partial charge < -0.3 is 16.0 Å². The second-order valence-electron chi connectivity index (χ2n) is 4.14. The summed E-state index contributed by atoms with van der Waals surface area (Å²) in [6, 6.07) is 0.564. The van der Waals surface area contributed by atoms with Crippen LogP contribution in [0.15, 0.2) is 11.8 Å². The molecule has 3 N–H and O–H groups in total. The predicted molar refractivity (Wildman–Crippen MR) is 67.8 cm³/mol. The largest absolute Gasteiger partial charge is 0.403 e. The third-order valence-electron chi connectivity index (χ3n) is 2.68. The van der Waals surface area contributed by atoms with Gasteiger partial charge in [-0.05, 0) is 33.4 Å². The van der Waals surface area contributed by atoms with Crippen LogP contribution >= 0.6 is 0 Å². The second kappa shape index (κ2) is 8.74. The summed E-state index contributed by atoms with van der Waals surface area (Å²) in [6.45, 7) is 9.61. The van der Waals surface area contributed by atoms with Gasteiger partial charge in [-0.3, -0.25) is 0 Å². The number of hydrogen-bond donors (Lipinski definition) is 2. The minimum Gasteiger partial charge on any atom is -0.403 e. The quantitative estimate of drug-likeness (QED) is 0.643. The predicted octanol–water partition coefficient (Wildman–Crippen LogP) is 1.56. The van der Waals surface area contributed by atoms with Crippen LogP contribution in [-0.4, -0.2) is 37.6 Å². The minimum atomic E-state index is 0.564. The van der Waals surface area contributed by atoms with Crippen molar-refractivity contribution in [3.05, 3.63) is 11.8 Å². The van der Waals surface area contributed by atoms with Crippen molar-refractivity contribution >= 4 is 0 Å². The lowest BCUT2D eigenvalue weighted by molar-refractivity contribution is 0.337. The van der Waals surface area contributed by atoms with E-state index in [2.05, 4.69) is 37.2 Å². The molecule has 15 heavy (non-hydrogen) atoms. The first kappa shape index (κ1) is 14.5. The van der Waals surface area contributed by atoms with Gasteiger partial charge in [0.15, 0.2) is 0 Å². The summed E-state index contributed by atoms with van der Waals surface area (Å²) in [4.78, 5) is 2.31. The fourth-order valence-corrected chi connectivity index (χ4v) is 1.34. The molecule has 0 aliphatic heterocycles. The Labute approximate surface area is 94.7 Å². The van der Waals surface area contributed by atoms with Crippen molar-refractivity contribution in [3.8, 4) is 0 Å². The van der Waals surface area contributed by atoms with Gasteiger partial charge in [-0.1, -0.05) is 19.9 Å². The van der Waals surface area contributed by atoms with Crippen LogP contribution in [-0.2, 0) is 0 Å². The highest BCUT2D eigenvalue weighted by molar-refractivity contribution is 4.93. The van der Waals surface area contributed by atoms with Crippen molar-refractivity contribution in [1.82, 2.24) is 10.2 Å². The Kier molecular flexibility index (Phi) is 8.43. The molecule has 0 aromatic rings. The molecule has 0 bridgehead atoms. The summed E-state index contributed by atoms with van der Waals surface area (Å²) < 4.78 is 0. The highest BCUT2D eigenvalue weighted by atomic mass is 15.1. The number of nitrogens with one attached hydrogen (secondary N) is 1. The molecular formula is C12H27N3. The van der Waals surface area contributed by atoms with E-state index in [-0.39, 0.29) is 0 Å². The van der Waals surface area contributed by atoms with Crippen molar-refractivity contribution in [2.24, 2.45) is 5.73 Å². The Morgan fingerprint density at radius 2 is 2.13 bits per heavy atom. The van der Waals surface area contributed by atoms with E-state index in [9.17, 15) is 0 Å². The Bertz CT molecular complexity index is 174. The van der Waals surface area contributed by atoms with E-state index in [0.717, 1.165) is 38.2 Å². The first-order chi connectivity index (χ1) is 7.10. The summed E-state index contributed by atoms with van der Waals surface area (Å²) in [5.41, 5.74) is 6.54. The van der Waals surface area contributed by atoms with Crippen molar-refractivity contribution in [2.45, 2.75) is 39.7 Å². The van der Waals surface area contributed by atoms with E-state index in [1.54, 1.807) is 0 Å². The van der Waals surface area contributed by atoms with Gasteiger partial charge in [0.05, 0.1) is 0 Å². The lowest BCUT2D eigenvalue weighted by atomic mass is 10.1. The number of hydrogen-bond acceptors (Lipinski definition) is 3. The average molecular weight is 213 g/mol. The summed E-state index contributed by atoms with van der Waals surface area (Å²) in [5, 5.41) is 3.55. The molecule has 0 amide bonds. The molecule has 3 heteroatoms. The third-order valence-corrected chi connectivity index (χ3v) is 2.68. The molecule has 0 aliphatic carbocycles. The number of nitrogens with zero attached hydrogens (tertiary/aromatic N) is 1. The fraction of sp³-hybridized carbons (Fsp3) is 0.833. The van der Waals surface area contributed by atoms with E-state index < -0.39 is 0 Å². The zero-order valence-electron chi connectivity index (χ0n) is 10.7. The van der Waals surface area contributed by atoms with Gasteiger partial charge in [-0.2, -0.15) is 0 Å². The highest BCUT2D eigenvalue weighted by Gasteiger charge is 2.03. The highest BCUT2D eigenvalue weighted by Crippen LogP contribution is 1.99. The average Bonchev–Trinajstić information content (AvgIpc) is 2.22.